The lowest BCUT2D eigenvalue weighted by molar-refractivity contribution is 0.600. The first-order chi connectivity index (χ1) is 6.86. The van der Waals surface area contributed by atoms with Gasteiger partial charge in [0.1, 0.15) is 6.26 Å². The minimum atomic E-state index is 0.656. The van der Waals surface area contributed by atoms with Crippen LogP contribution in [0.5, 0.6) is 0 Å². The van der Waals surface area contributed by atoms with Crippen molar-refractivity contribution < 1.29 is 4.42 Å². The van der Waals surface area contributed by atoms with E-state index < -0.39 is 0 Å². The highest BCUT2D eigenvalue weighted by atomic mass is 16.3. The average Bonchev–Trinajstić information content (AvgIpc) is 2.61. The van der Waals surface area contributed by atoms with Gasteiger partial charge in [-0.15, -0.1) is 0 Å². The van der Waals surface area contributed by atoms with E-state index in [9.17, 15) is 0 Å². The van der Waals surface area contributed by atoms with E-state index >= 15 is 0 Å². The maximum Gasteiger partial charge on any atom is 0.228 e. The highest BCUT2D eigenvalue weighted by molar-refractivity contribution is 5.90. The molecule has 0 aromatic carbocycles. The number of nitrogens with zero attached hydrogens (tertiary/aromatic N) is 1. The van der Waals surface area contributed by atoms with Gasteiger partial charge in [-0.2, -0.15) is 0 Å². The molecule has 2 aromatic rings. The fourth-order valence-corrected chi connectivity index (χ4v) is 2.01. The number of nitrogens with one attached hydrogen (secondary N) is 1. The number of furan rings is 1. The van der Waals surface area contributed by atoms with Crippen molar-refractivity contribution >= 4 is 16.8 Å². The van der Waals surface area contributed by atoms with Gasteiger partial charge in [-0.05, 0) is 24.1 Å². The highest BCUT2D eigenvalue weighted by Crippen LogP contribution is 2.29. The lowest BCUT2D eigenvalue weighted by Crippen LogP contribution is -2.23. The molecular weight excluding hydrogens is 178 g/mol. The molecule has 0 radical (unpaired) electrons. The Balaban J connectivity index is 2.38. The van der Waals surface area contributed by atoms with E-state index in [-0.39, 0.29) is 0 Å². The summed E-state index contributed by atoms with van der Waals surface area (Å²) in [6.07, 6.45) is 4.44. The summed E-state index contributed by atoms with van der Waals surface area (Å²) in [6.45, 7) is 1.87. The van der Waals surface area contributed by atoms with Gasteiger partial charge in [-0.25, -0.2) is 4.98 Å². The van der Waals surface area contributed by atoms with Gasteiger partial charge in [0.15, 0.2) is 0 Å². The van der Waals surface area contributed by atoms with Gasteiger partial charge < -0.3 is 15.5 Å². The number of hydrogen-bond acceptors (Lipinski definition) is 4. The predicted molar refractivity (Wildman–Crippen MR) is 53.8 cm³/mol. The van der Waals surface area contributed by atoms with Crippen LogP contribution < -0.4 is 11.1 Å². The Bertz CT molecular complexity index is 489. The second-order valence-electron chi connectivity index (χ2n) is 3.56. The maximum absolute atomic E-state index is 5.85. The zero-order valence-electron chi connectivity index (χ0n) is 7.71. The molecule has 4 nitrogen and oxygen atoms in total. The summed E-state index contributed by atoms with van der Waals surface area (Å²) in [5.41, 5.74) is 9.73. The standard InChI is InChI=1S/C10H11N3O/c11-8-5-14-10-9(8)7-1-2-12-3-6(7)4-13-10/h4-5,12H,1-3,11H2. The van der Waals surface area contributed by atoms with Crippen LogP contribution in [-0.4, -0.2) is 11.5 Å². The molecule has 0 saturated heterocycles. The number of pyridine rings is 1. The number of rotatable bonds is 0. The Labute approximate surface area is 81.1 Å². The molecule has 0 saturated carbocycles. The molecule has 1 aliphatic rings. The minimum Gasteiger partial charge on any atom is -0.444 e. The summed E-state index contributed by atoms with van der Waals surface area (Å²) < 4.78 is 5.26. The SMILES string of the molecule is Nc1coc2ncc3c(c12)CCNC3. The molecule has 3 rings (SSSR count). The molecular formula is C10H11N3O. The largest absolute Gasteiger partial charge is 0.444 e. The van der Waals surface area contributed by atoms with Crippen molar-refractivity contribution in [1.29, 1.82) is 0 Å². The fourth-order valence-electron chi connectivity index (χ4n) is 2.01. The van der Waals surface area contributed by atoms with Crippen molar-refractivity contribution in [2.24, 2.45) is 0 Å². The van der Waals surface area contributed by atoms with E-state index in [2.05, 4.69) is 10.3 Å². The Kier molecular flexibility index (Phi) is 1.52. The van der Waals surface area contributed by atoms with Crippen LogP contribution in [0.3, 0.4) is 0 Å². The van der Waals surface area contributed by atoms with Crippen LogP contribution in [0.1, 0.15) is 11.1 Å². The van der Waals surface area contributed by atoms with Gasteiger partial charge >= 0.3 is 0 Å². The van der Waals surface area contributed by atoms with Gasteiger partial charge in [0, 0.05) is 12.7 Å². The molecule has 0 atom stereocenters. The topological polar surface area (TPSA) is 64.1 Å². The molecule has 3 heterocycles. The molecule has 0 unspecified atom stereocenters. The number of hydrogen-bond donors (Lipinski definition) is 2. The van der Waals surface area contributed by atoms with Gasteiger partial charge in [0.2, 0.25) is 5.71 Å². The van der Waals surface area contributed by atoms with E-state index in [4.69, 9.17) is 10.2 Å². The molecule has 0 spiro atoms. The predicted octanol–water partition coefficient (Wildman–Crippen LogP) is 1.06. The number of fused-ring (bicyclic) bond motifs is 3. The molecule has 0 amide bonds. The Morgan fingerprint density at radius 3 is 3.36 bits per heavy atom. The summed E-state index contributed by atoms with van der Waals surface area (Å²) in [7, 11) is 0. The fraction of sp³-hybridized carbons (Fsp3) is 0.300. The third-order valence-electron chi connectivity index (χ3n) is 2.69. The highest BCUT2D eigenvalue weighted by Gasteiger charge is 2.16. The quantitative estimate of drug-likeness (QED) is 0.650. The Morgan fingerprint density at radius 1 is 1.50 bits per heavy atom. The molecule has 72 valence electrons. The molecule has 1 aliphatic heterocycles. The van der Waals surface area contributed by atoms with Crippen LogP contribution >= 0.6 is 0 Å². The van der Waals surface area contributed by atoms with Crippen molar-refractivity contribution in [2.45, 2.75) is 13.0 Å². The third kappa shape index (κ3) is 0.943. The second-order valence-corrected chi connectivity index (χ2v) is 3.56. The molecule has 3 N–H and O–H groups in total. The Morgan fingerprint density at radius 2 is 2.43 bits per heavy atom. The first-order valence-corrected chi connectivity index (χ1v) is 4.70. The van der Waals surface area contributed by atoms with Crippen molar-refractivity contribution in [3.63, 3.8) is 0 Å². The summed E-state index contributed by atoms with van der Waals surface area (Å²) in [5.74, 6) is 0. The van der Waals surface area contributed by atoms with E-state index in [1.807, 2.05) is 6.20 Å². The van der Waals surface area contributed by atoms with Crippen LogP contribution in [0, 0.1) is 0 Å². The van der Waals surface area contributed by atoms with Crippen LogP contribution in [0.4, 0.5) is 5.69 Å². The number of nitrogen functional groups attached to an aromatic ring is 1. The van der Waals surface area contributed by atoms with Crippen LogP contribution in [0.15, 0.2) is 16.9 Å². The van der Waals surface area contributed by atoms with E-state index in [1.165, 1.54) is 11.1 Å². The monoisotopic (exact) mass is 189 g/mol. The molecule has 0 aliphatic carbocycles. The van der Waals surface area contributed by atoms with E-state index in [0.29, 0.717) is 11.4 Å². The minimum absolute atomic E-state index is 0.656. The summed E-state index contributed by atoms with van der Waals surface area (Å²) in [6, 6.07) is 0. The molecule has 4 heteroatoms. The van der Waals surface area contributed by atoms with Crippen LogP contribution in [0.25, 0.3) is 11.1 Å². The molecule has 14 heavy (non-hydrogen) atoms. The van der Waals surface area contributed by atoms with Crippen molar-refractivity contribution in [2.75, 3.05) is 12.3 Å². The number of nitrogens with two attached hydrogens (primary N) is 1. The lowest BCUT2D eigenvalue weighted by Gasteiger charge is -2.16. The van der Waals surface area contributed by atoms with Crippen molar-refractivity contribution in [3.8, 4) is 0 Å². The normalized spacial score (nSPS) is 15.7. The molecule has 2 aromatic heterocycles. The van der Waals surface area contributed by atoms with Gasteiger partial charge in [0.25, 0.3) is 0 Å². The van der Waals surface area contributed by atoms with Crippen molar-refractivity contribution in [1.82, 2.24) is 10.3 Å². The summed E-state index contributed by atoms with van der Waals surface area (Å²) in [5, 5.41) is 4.31. The smallest absolute Gasteiger partial charge is 0.228 e. The van der Waals surface area contributed by atoms with E-state index in [1.54, 1.807) is 6.26 Å². The number of anilines is 1. The molecule has 0 bridgehead atoms. The Hall–Kier alpha value is -1.55. The zero-order valence-corrected chi connectivity index (χ0v) is 7.71. The van der Waals surface area contributed by atoms with Crippen LogP contribution in [-0.2, 0) is 13.0 Å². The number of aromatic nitrogens is 1. The van der Waals surface area contributed by atoms with Gasteiger partial charge in [-0.1, -0.05) is 0 Å². The van der Waals surface area contributed by atoms with Gasteiger partial charge in [0.05, 0.1) is 11.1 Å². The molecule has 0 fully saturated rings. The third-order valence-corrected chi connectivity index (χ3v) is 2.69. The first-order valence-electron chi connectivity index (χ1n) is 4.70. The van der Waals surface area contributed by atoms with Crippen molar-refractivity contribution in [3.05, 3.63) is 23.6 Å². The first kappa shape index (κ1) is 7.82. The summed E-state index contributed by atoms with van der Waals surface area (Å²) in [4.78, 5) is 4.23. The summed E-state index contributed by atoms with van der Waals surface area (Å²) >= 11 is 0. The maximum atomic E-state index is 5.85. The average molecular weight is 189 g/mol. The second kappa shape index (κ2) is 2.72. The van der Waals surface area contributed by atoms with E-state index in [0.717, 1.165) is 24.9 Å². The van der Waals surface area contributed by atoms with Gasteiger partial charge in [-0.3, -0.25) is 0 Å². The van der Waals surface area contributed by atoms with Crippen LogP contribution in [0.2, 0.25) is 0 Å². The lowest BCUT2D eigenvalue weighted by atomic mass is 10.00. The zero-order chi connectivity index (χ0) is 9.54.